The van der Waals surface area contributed by atoms with Crippen molar-refractivity contribution < 1.29 is 13.2 Å². The molecule has 30 heavy (non-hydrogen) atoms. The van der Waals surface area contributed by atoms with Gasteiger partial charge in [-0.2, -0.15) is 0 Å². The van der Waals surface area contributed by atoms with Crippen molar-refractivity contribution in [2.45, 2.75) is 25.8 Å². The van der Waals surface area contributed by atoms with E-state index in [1.54, 1.807) is 0 Å². The number of carbonyl (C=O) groups excluding carboxylic acids is 1. The van der Waals surface area contributed by atoms with Crippen molar-refractivity contribution in [3.63, 3.8) is 0 Å². The van der Waals surface area contributed by atoms with Gasteiger partial charge in [-0.1, -0.05) is 35.3 Å². The van der Waals surface area contributed by atoms with Gasteiger partial charge >= 0.3 is 0 Å². The van der Waals surface area contributed by atoms with E-state index >= 15 is 0 Å². The van der Waals surface area contributed by atoms with Crippen LogP contribution >= 0.6 is 23.2 Å². The third-order valence-corrected chi connectivity index (χ3v) is 7.00. The van der Waals surface area contributed by atoms with Crippen molar-refractivity contribution in [1.82, 2.24) is 5.32 Å². The number of hydrogen-bond acceptors (Lipinski definition) is 4. The summed E-state index contributed by atoms with van der Waals surface area (Å²) in [5.41, 5.74) is 2.41. The van der Waals surface area contributed by atoms with Crippen LogP contribution in [0.2, 0.25) is 10.0 Å². The number of halogens is 2. The van der Waals surface area contributed by atoms with Gasteiger partial charge in [0.2, 0.25) is 15.9 Å². The number of nitrogens with one attached hydrogen (secondary N) is 1. The zero-order chi connectivity index (χ0) is 21.9. The molecule has 162 valence electrons. The summed E-state index contributed by atoms with van der Waals surface area (Å²) in [4.78, 5) is 14.9. The van der Waals surface area contributed by atoms with Crippen molar-refractivity contribution in [3.8, 4) is 0 Å². The van der Waals surface area contributed by atoms with Crippen LogP contribution in [-0.2, 0) is 14.8 Å². The maximum Gasteiger partial charge on any atom is 0.241 e. The predicted molar refractivity (Wildman–Crippen MR) is 123 cm³/mol. The number of carbonyl (C=O) groups is 1. The van der Waals surface area contributed by atoms with Gasteiger partial charge in [0.25, 0.3) is 0 Å². The summed E-state index contributed by atoms with van der Waals surface area (Å²) in [6.45, 7) is 3.66. The van der Waals surface area contributed by atoms with E-state index in [1.165, 1.54) is 36.7 Å². The average Bonchev–Trinajstić information content (AvgIpc) is 3.22. The van der Waals surface area contributed by atoms with E-state index in [4.69, 9.17) is 23.2 Å². The first-order valence-electron chi connectivity index (χ1n) is 9.72. The monoisotopic (exact) mass is 469 g/mol. The van der Waals surface area contributed by atoms with Crippen LogP contribution in [0.15, 0.2) is 42.5 Å². The van der Waals surface area contributed by atoms with Crippen LogP contribution in [0.4, 0.5) is 11.4 Å². The average molecular weight is 470 g/mol. The highest BCUT2D eigenvalue weighted by atomic mass is 35.5. The summed E-state index contributed by atoms with van der Waals surface area (Å²) in [6, 6.07) is 12.3. The molecular weight excluding hydrogens is 445 g/mol. The van der Waals surface area contributed by atoms with Crippen LogP contribution in [-0.4, -0.2) is 40.2 Å². The molecule has 6 nitrogen and oxygen atoms in total. The number of anilines is 2. The Morgan fingerprint density at radius 3 is 2.30 bits per heavy atom. The summed E-state index contributed by atoms with van der Waals surface area (Å²) >= 11 is 11.9. The minimum Gasteiger partial charge on any atom is -0.372 e. The topological polar surface area (TPSA) is 69.7 Å². The second kappa shape index (κ2) is 9.45. The third kappa shape index (κ3) is 5.59. The van der Waals surface area contributed by atoms with E-state index in [9.17, 15) is 13.2 Å². The van der Waals surface area contributed by atoms with Crippen LogP contribution in [0.25, 0.3) is 0 Å². The minimum atomic E-state index is -3.69. The summed E-state index contributed by atoms with van der Waals surface area (Å²) in [6.07, 6.45) is 3.47. The van der Waals surface area contributed by atoms with Gasteiger partial charge in [-0.3, -0.25) is 9.10 Å². The van der Waals surface area contributed by atoms with Crippen LogP contribution in [0.5, 0.6) is 0 Å². The summed E-state index contributed by atoms with van der Waals surface area (Å²) in [5, 5.41) is 3.39. The van der Waals surface area contributed by atoms with Gasteiger partial charge in [0.15, 0.2) is 0 Å². The molecule has 1 atom stereocenters. The molecule has 1 N–H and O–H groups in total. The maximum atomic E-state index is 12.6. The molecule has 3 rings (SSSR count). The molecule has 0 bridgehead atoms. The Hall–Kier alpha value is -1.96. The molecule has 1 aliphatic rings. The van der Waals surface area contributed by atoms with Crippen LogP contribution in [0.1, 0.15) is 31.4 Å². The Labute approximate surface area is 187 Å². The van der Waals surface area contributed by atoms with E-state index in [1.807, 2.05) is 19.1 Å². The fraction of sp³-hybridized carbons (Fsp3) is 0.381. The molecule has 0 saturated carbocycles. The number of sulfonamides is 1. The first kappa shape index (κ1) is 22.7. The quantitative estimate of drug-likeness (QED) is 0.658. The van der Waals surface area contributed by atoms with Gasteiger partial charge in [-0.15, -0.1) is 0 Å². The van der Waals surface area contributed by atoms with Gasteiger partial charge in [0, 0.05) is 18.8 Å². The molecule has 0 spiro atoms. The van der Waals surface area contributed by atoms with Gasteiger partial charge in [-0.25, -0.2) is 8.42 Å². The van der Waals surface area contributed by atoms with E-state index in [-0.39, 0.29) is 23.3 Å². The SMILES string of the molecule is CC(NC(=O)CN(c1ccc(Cl)c(Cl)c1)S(C)(=O)=O)c1ccc(N2CCCC2)cc1. The van der Waals surface area contributed by atoms with E-state index in [0.717, 1.165) is 29.2 Å². The highest BCUT2D eigenvalue weighted by Gasteiger charge is 2.23. The zero-order valence-electron chi connectivity index (χ0n) is 16.9. The standard InChI is InChI=1S/C21H25Cl2N3O3S/c1-15(16-5-7-17(8-6-16)25-11-3-4-12-25)24-21(27)14-26(30(2,28)29)18-9-10-19(22)20(23)13-18/h5-10,13,15H,3-4,11-12,14H2,1-2H3,(H,24,27). The molecule has 0 aliphatic carbocycles. The summed E-state index contributed by atoms with van der Waals surface area (Å²) in [7, 11) is -3.69. The number of hydrogen-bond donors (Lipinski definition) is 1. The van der Waals surface area contributed by atoms with Gasteiger partial charge in [-0.05, 0) is 55.7 Å². The first-order valence-corrected chi connectivity index (χ1v) is 12.3. The van der Waals surface area contributed by atoms with Crippen LogP contribution in [0.3, 0.4) is 0 Å². The molecule has 1 aliphatic heterocycles. The van der Waals surface area contributed by atoms with Crippen LogP contribution in [0, 0.1) is 0 Å². The molecule has 2 aromatic rings. The predicted octanol–water partition coefficient (Wildman–Crippen LogP) is 4.24. The lowest BCUT2D eigenvalue weighted by Crippen LogP contribution is -2.41. The highest BCUT2D eigenvalue weighted by molar-refractivity contribution is 7.92. The minimum absolute atomic E-state index is 0.217. The molecule has 2 aromatic carbocycles. The second-order valence-electron chi connectivity index (χ2n) is 7.44. The van der Waals surface area contributed by atoms with Gasteiger partial charge < -0.3 is 10.2 Å². The van der Waals surface area contributed by atoms with Gasteiger partial charge in [0.05, 0.1) is 28.0 Å². The summed E-state index contributed by atoms with van der Waals surface area (Å²) < 4.78 is 25.5. The Morgan fingerprint density at radius 2 is 1.73 bits per heavy atom. The largest absolute Gasteiger partial charge is 0.372 e. The lowest BCUT2D eigenvalue weighted by molar-refractivity contribution is -0.120. The van der Waals surface area contributed by atoms with Crippen molar-refractivity contribution in [1.29, 1.82) is 0 Å². The molecule has 0 radical (unpaired) electrons. The smallest absolute Gasteiger partial charge is 0.241 e. The molecule has 1 saturated heterocycles. The summed E-state index contributed by atoms with van der Waals surface area (Å²) in [5.74, 6) is -0.414. The Bertz CT molecular complexity index is 1010. The molecule has 1 heterocycles. The third-order valence-electron chi connectivity index (χ3n) is 5.12. The number of amides is 1. The highest BCUT2D eigenvalue weighted by Crippen LogP contribution is 2.28. The molecule has 1 fully saturated rings. The number of benzene rings is 2. The number of rotatable bonds is 7. The Balaban J connectivity index is 1.68. The first-order chi connectivity index (χ1) is 14.1. The molecule has 9 heteroatoms. The van der Waals surface area contributed by atoms with Crippen molar-refractivity contribution in [2.24, 2.45) is 0 Å². The Morgan fingerprint density at radius 1 is 1.10 bits per heavy atom. The lowest BCUT2D eigenvalue weighted by Gasteiger charge is -2.24. The van der Waals surface area contributed by atoms with Crippen LogP contribution < -0.4 is 14.5 Å². The molecule has 1 unspecified atom stereocenters. The van der Waals surface area contributed by atoms with Crippen molar-refractivity contribution >= 4 is 50.5 Å². The lowest BCUT2D eigenvalue weighted by atomic mass is 10.1. The molecule has 1 amide bonds. The normalized spacial score (nSPS) is 15.1. The van der Waals surface area contributed by atoms with Crippen molar-refractivity contribution in [3.05, 3.63) is 58.1 Å². The maximum absolute atomic E-state index is 12.6. The fourth-order valence-electron chi connectivity index (χ4n) is 3.49. The molecule has 0 aromatic heterocycles. The van der Waals surface area contributed by atoms with E-state index < -0.39 is 15.9 Å². The van der Waals surface area contributed by atoms with E-state index in [0.29, 0.717) is 5.02 Å². The van der Waals surface area contributed by atoms with Crippen molar-refractivity contribution in [2.75, 3.05) is 35.1 Å². The van der Waals surface area contributed by atoms with E-state index in [2.05, 4.69) is 22.3 Å². The fourth-order valence-corrected chi connectivity index (χ4v) is 4.63. The van der Waals surface area contributed by atoms with Gasteiger partial charge in [0.1, 0.15) is 6.54 Å². The molecular formula is C21H25Cl2N3O3S. The number of nitrogens with zero attached hydrogens (tertiary/aromatic N) is 2. The zero-order valence-corrected chi connectivity index (χ0v) is 19.3. The Kier molecular flexibility index (Phi) is 7.16. The second-order valence-corrected chi connectivity index (χ2v) is 10.2.